The van der Waals surface area contributed by atoms with Crippen LogP contribution in [-0.2, 0) is 0 Å². The van der Waals surface area contributed by atoms with E-state index in [1.165, 1.54) is 51.7 Å². The van der Waals surface area contributed by atoms with Crippen molar-refractivity contribution in [2.24, 2.45) is 23.0 Å². The van der Waals surface area contributed by atoms with Crippen LogP contribution in [-0.4, -0.2) is 55.6 Å². The number of nitrogens with two attached hydrogens (primary N) is 1. The summed E-state index contributed by atoms with van der Waals surface area (Å²) in [5, 5.41) is 0. The van der Waals surface area contributed by atoms with Crippen molar-refractivity contribution in [1.29, 1.82) is 0 Å². The van der Waals surface area contributed by atoms with Crippen molar-refractivity contribution in [3.63, 3.8) is 0 Å². The van der Waals surface area contributed by atoms with Gasteiger partial charge in [0, 0.05) is 25.2 Å². The maximum absolute atomic E-state index is 6.48. The van der Waals surface area contributed by atoms with Crippen LogP contribution in [0.25, 0.3) is 0 Å². The summed E-state index contributed by atoms with van der Waals surface area (Å²) in [5.41, 5.74) is 6.94. The van der Waals surface area contributed by atoms with Crippen molar-refractivity contribution in [1.82, 2.24) is 9.80 Å². The van der Waals surface area contributed by atoms with Gasteiger partial charge in [0.1, 0.15) is 0 Å². The highest BCUT2D eigenvalue weighted by molar-refractivity contribution is 4.93. The van der Waals surface area contributed by atoms with E-state index in [1.807, 2.05) is 0 Å². The Bertz CT molecular complexity index is 328. The Labute approximate surface area is 132 Å². The van der Waals surface area contributed by atoms with Gasteiger partial charge in [0.05, 0.1) is 0 Å². The van der Waals surface area contributed by atoms with E-state index < -0.39 is 0 Å². The highest BCUT2D eigenvalue weighted by atomic mass is 15.2. The van der Waals surface area contributed by atoms with Crippen molar-refractivity contribution in [3.05, 3.63) is 0 Å². The first kappa shape index (κ1) is 17.2. The number of hydrogen-bond acceptors (Lipinski definition) is 3. The van der Waals surface area contributed by atoms with Crippen molar-refractivity contribution < 1.29 is 0 Å². The number of hydrogen-bond donors (Lipinski definition) is 1. The molecule has 124 valence electrons. The lowest BCUT2D eigenvalue weighted by Crippen LogP contribution is -2.52. The van der Waals surface area contributed by atoms with E-state index >= 15 is 0 Å². The van der Waals surface area contributed by atoms with Crippen LogP contribution in [0.5, 0.6) is 0 Å². The molecule has 1 saturated carbocycles. The maximum Gasteiger partial charge on any atom is 0.0247 e. The van der Waals surface area contributed by atoms with Crippen LogP contribution < -0.4 is 5.73 Å². The summed E-state index contributed by atoms with van der Waals surface area (Å²) in [6, 6.07) is 0.957. The normalized spacial score (nSPS) is 35.6. The van der Waals surface area contributed by atoms with Gasteiger partial charge in [0.15, 0.2) is 0 Å². The first-order valence-electron chi connectivity index (χ1n) is 8.98. The molecule has 4 unspecified atom stereocenters. The second-order valence-corrected chi connectivity index (χ2v) is 8.44. The van der Waals surface area contributed by atoms with Gasteiger partial charge in [-0.3, -0.25) is 0 Å². The standard InChI is InChI=1S/C18H37N3/c1-6-18(2,3)15-7-8-16(19)17(11-15)21(5)13-14-9-10-20(4)12-14/h14-17H,6-13,19H2,1-5H3. The summed E-state index contributed by atoms with van der Waals surface area (Å²) in [4.78, 5) is 5.05. The average Bonchev–Trinajstić information content (AvgIpc) is 2.84. The summed E-state index contributed by atoms with van der Waals surface area (Å²) in [5.74, 6) is 1.67. The van der Waals surface area contributed by atoms with Gasteiger partial charge in [-0.15, -0.1) is 0 Å². The molecule has 0 spiro atoms. The fourth-order valence-electron chi connectivity index (χ4n) is 4.39. The number of rotatable bonds is 5. The fraction of sp³-hybridized carbons (Fsp3) is 1.00. The Morgan fingerprint density at radius 3 is 2.52 bits per heavy atom. The third kappa shape index (κ3) is 4.20. The minimum absolute atomic E-state index is 0.373. The van der Waals surface area contributed by atoms with Gasteiger partial charge in [-0.05, 0) is 63.6 Å². The Morgan fingerprint density at radius 1 is 1.24 bits per heavy atom. The van der Waals surface area contributed by atoms with Crippen LogP contribution in [0.3, 0.4) is 0 Å². The molecule has 0 aromatic heterocycles. The second-order valence-electron chi connectivity index (χ2n) is 8.44. The molecule has 21 heavy (non-hydrogen) atoms. The molecule has 3 heteroatoms. The largest absolute Gasteiger partial charge is 0.326 e. The van der Waals surface area contributed by atoms with Crippen LogP contribution in [0.15, 0.2) is 0 Å². The minimum Gasteiger partial charge on any atom is -0.326 e. The molecular weight excluding hydrogens is 258 g/mol. The van der Waals surface area contributed by atoms with E-state index in [0.717, 1.165) is 11.8 Å². The SMILES string of the molecule is CCC(C)(C)C1CCC(N)C(N(C)CC2CCN(C)C2)C1. The van der Waals surface area contributed by atoms with Gasteiger partial charge in [-0.2, -0.15) is 0 Å². The molecular formula is C18H37N3. The van der Waals surface area contributed by atoms with Crippen molar-refractivity contribution >= 4 is 0 Å². The number of likely N-dealkylation sites (N-methyl/N-ethyl adjacent to an activating group) is 1. The molecule has 2 N–H and O–H groups in total. The molecule has 2 fully saturated rings. The number of likely N-dealkylation sites (tertiary alicyclic amines) is 1. The third-order valence-corrected chi connectivity index (χ3v) is 6.49. The van der Waals surface area contributed by atoms with E-state index in [0.29, 0.717) is 17.5 Å². The molecule has 3 nitrogen and oxygen atoms in total. The highest BCUT2D eigenvalue weighted by Gasteiger charge is 2.38. The Kier molecular flexibility index (Phi) is 5.72. The topological polar surface area (TPSA) is 32.5 Å². The zero-order valence-electron chi connectivity index (χ0n) is 14.9. The zero-order valence-corrected chi connectivity index (χ0v) is 14.9. The van der Waals surface area contributed by atoms with E-state index in [9.17, 15) is 0 Å². The van der Waals surface area contributed by atoms with Crippen LogP contribution in [0, 0.1) is 17.3 Å². The lowest BCUT2D eigenvalue weighted by atomic mass is 9.67. The third-order valence-electron chi connectivity index (χ3n) is 6.49. The Balaban J connectivity index is 1.93. The molecule has 1 saturated heterocycles. The summed E-state index contributed by atoms with van der Waals surface area (Å²) in [7, 11) is 4.55. The first-order valence-corrected chi connectivity index (χ1v) is 8.98. The quantitative estimate of drug-likeness (QED) is 0.846. The van der Waals surface area contributed by atoms with Crippen molar-refractivity contribution in [2.75, 3.05) is 33.7 Å². The molecule has 1 aliphatic carbocycles. The Morgan fingerprint density at radius 2 is 1.95 bits per heavy atom. The minimum atomic E-state index is 0.373. The molecule has 0 bridgehead atoms. The van der Waals surface area contributed by atoms with Crippen molar-refractivity contribution in [2.45, 2.75) is 65.0 Å². The van der Waals surface area contributed by atoms with Gasteiger partial charge >= 0.3 is 0 Å². The van der Waals surface area contributed by atoms with Crippen LogP contribution in [0.2, 0.25) is 0 Å². The first-order chi connectivity index (χ1) is 9.83. The fourth-order valence-corrected chi connectivity index (χ4v) is 4.39. The zero-order chi connectivity index (χ0) is 15.6. The smallest absolute Gasteiger partial charge is 0.0247 e. The van der Waals surface area contributed by atoms with Crippen LogP contribution in [0.1, 0.15) is 52.9 Å². The summed E-state index contributed by atoms with van der Waals surface area (Å²) >= 11 is 0. The second kappa shape index (κ2) is 6.97. The Hall–Kier alpha value is -0.120. The maximum atomic E-state index is 6.48. The van der Waals surface area contributed by atoms with Crippen LogP contribution in [0.4, 0.5) is 0 Å². The molecule has 1 heterocycles. The summed E-state index contributed by atoms with van der Waals surface area (Å²) < 4.78 is 0. The summed E-state index contributed by atoms with van der Waals surface area (Å²) in [6.07, 6.45) is 6.44. The highest BCUT2D eigenvalue weighted by Crippen LogP contribution is 2.41. The molecule has 4 atom stereocenters. The van der Waals surface area contributed by atoms with Gasteiger partial charge in [-0.25, -0.2) is 0 Å². The van der Waals surface area contributed by atoms with E-state index in [-0.39, 0.29) is 0 Å². The molecule has 1 aliphatic heterocycles. The molecule has 2 rings (SSSR count). The predicted octanol–water partition coefficient (Wildman–Crippen LogP) is 2.80. The van der Waals surface area contributed by atoms with Gasteiger partial charge in [0.2, 0.25) is 0 Å². The van der Waals surface area contributed by atoms with Gasteiger partial charge in [-0.1, -0.05) is 27.2 Å². The lowest BCUT2D eigenvalue weighted by Gasteiger charge is -2.45. The molecule has 0 amide bonds. The van der Waals surface area contributed by atoms with Gasteiger partial charge < -0.3 is 15.5 Å². The predicted molar refractivity (Wildman–Crippen MR) is 91.4 cm³/mol. The van der Waals surface area contributed by atoms with Gasteiger partial charge in [0.25, 0.3) is 0 Å². The molecule has 2 aliphatic rings. The van der Waals surface area contributed by atoms with E-state index in [1.54, 1.807) is 0 Å². The van der Waals surface area contributed by atoms with Crippen molar-refractivity contribution in [3.8, 4) is 0 Å². The van der Waals surface area contributed by atoms with Crippen LogP contribution >= 0.6 is 0 Å². The molecule has 0 aromatic rings. The summed E-state index contributed by atoms with van der Waals surface area (Å²) in [6.45, 7) is 11.0. The average molecular weight is 296 g/mol. The molecule has 0 aromatic carbocycles. The van der Waals surface area contributed by atoms with E-state index in [4.69, 9.17) is 5.73 Å². The molecule has 0 radical (unpaired) electrons. The van der Waals surface area contributed by atoms with E-state index in [2.05, 4.69) is 44.7 Å². The number of nitrogens with zero attached hydrogens (tertiary/aromatic N) is 2. The monoisotopic (exact) mass is 295 g/mol. The lowest BCUT2D eigenvalue weighted by molar-refractivity contribution is 0.0662.